The first-order valence-corrected chi connectivity index (χ1v) is 6.63. The normalized spacial score (nSPS) is 28.5. The van der Waals surface area contributed by atoms with Crippen LogP contribution in [0.1, 0.15) is 6.92 Å². The summed E-state index contributed by atoms with van der Waals surface area (Å²) in [6.45, 7) is 3.00. The molecule has 2 atom stereocenters. The van der Waals surface area contributed by atoms with Gasteiger partial charge in [0.1, 0.15) is 0 Å². The SMILES string of the molecule is CCNCCS(=O)(=O)N1CC(O)C(O)C1. The maximum absolute atomic E-state index is 11.7. The lowest BCUT2D eigenvalue weighted by molar-refractivity contribution is 0.0572. The Hall–Kier alpha value is -0.210. The largest absolute Gasteiger partial charge is 0.389 e. The van der Waals surface area contributed by atoms with Crippen molar-refractivity contribution >= 4 is 10.0 Å². The average molecular weight is 238 g/mol. The quantitative estimate of drug-likeness (QED) is 0.480. The molecule has 0 spiro atoms. The maximum Gasteiger partial charge on any atom is 0.215 e. The van der Waals surface area contributed by atoms with E-state index in [1.165, 1.54) is 0 Å². The first-order chi connectivity index (χ1) is 6.97. The second-order valence-electron chi connectivity index (χ2n) is 3.62. The number of aliphatic hydroxyl groups excluding tert-OH is 2. The first-order valence-electron chi connectivity index (χ1n) is 5.02. The Balaban J connectivity index is 2.48. The van der Waals surface area contributed by atoms with Crippen LogP contribution in [-0.2, 0) is 10.0 Å². The van der Waals surface area contributed by atoms with Gasteiger partial charge in [-0.15, -0.1) is 0 Å². The summed E-state index contributed by atoms with van der Waals surface area (Å²) in [4.78, 5) is 0. The van der Waals surface area contributed by atoms with Gasteiger partial charge in [-0.05, 0) is 6.54 Å². The molecular formula is C8H18N2O4S. The molecule has 0 aromatic carbocycles. The van der Waals surface area contributed by atoms with Gasteiger partial charge in [-0.3, -0.25) is 0 Å². The summed E-state index contributed by atoms with van der Waals surface area (Å²) in [5.41, 5.74) is 0. The van der Waals surface area contributed by atoms with Gasteiger partial charge in [-0.2, -0.15) is 4.31 Å². The number of sulfonamides is 1. The van der Waals surface area contributed by atoms with Crippen molar-refractivity contribution < 1.29 is 18.6 Å². The molecule has 1 saturated heterocycles. The van der Waals surface area contributed by atoms with E-state index in [-0.39, 0.29) is 18.8 Å². The third-order valence-corrected chi connectivity index (χ3v) is 4.21. The lowest BCUT2D eigenvalue weighted by Crippen LogP contribution is -2.35. The minimum Gasteiger partial charge on any atom is -0.389 e. The van der Waals surface area contributed by atoms with Crippen LogP contribution in [-0.4, -0.2) is 67.1 Å². The van der Waals surface area contributed by atoms with E-state index >= 15 is 0 Å². The zero-order valence-electron chi connectivity index (χ0n) is 8.76. The highest BCUT2D eigenvalue weighted by Crippen LogP contribution is 2.14. The van der Waals surface area contributed by atoms with E-state index in [2.05, 4.69) is 5.32 Å². The number of hydrogen-bond donors (Lipinski definition) is 3. The molecule has 15 heavy (non-hydrogen) atoms. The molecule has 3 N–H and O–H groups in total. The van der Waals surface area contributed by atoms with Crippen LogP contribution in [0.4, 0.5) is 0 Å². The highest BCUT2D eigenvalue weighted by atomic mass is 32.2. The van der Waals surface area contributed by atoms with Gasteiger partial charge >= 0.3 is 0 Å². The van der Waals surface area contributed by atoms with E-state index in [1.54, 1.807) is 0 Å². The number of aliphatic hydroxyl groups is 2. The molecule has 0 aromatic heterocycles. The van der Waals surface area contributed by atoms with E-state index in [0.29, 0.717) is 6.54 Å². The van der Waals surface area contributed by atoms with Crippen LogP contribution in [0, 0.1) is 0 Å². The molecule has 1 aliphatic rings. The monoisotopic (exact) mass is 238 g/mol. The number of nitrogens with one attached hydrogen (secondary N) is 1. The van der Waals surface area contributed by atoms with Crippen molar-refractivity contribution in [2.75, 3.05) is 31.9 Å². The topological polar surface area (TPSA) is 89.9 Å². The fourth-order valence-electron chi connectivity index (χ4n) is 1.47. The van der Waals surface area contributed by atoms with E-state index in [9.17, 15) is 18.6 Å². The minimum atomic E-state index is -3.35. The van der Waals surface area contributed by atoms with E-state index < -0.39 is 22.2 Å². The fraction of sp³-hybridized carbons (Fsp3) is 1.00. The zero-order chi connectivity index (χ0) is 11.5. The summed E-state index contributed by atoms with van der Waals surface area (Å²) in [5, 5.41) is 21.4. The summed E-state index contributed by atoms with van der Waals surface area (Å²) in [6.07, 6.45) is -1.92. The summed E-state index contributed by atoms with van der Waals surface area (Å²) in [5.74, 6) is 0.000278. The Morgan fingerprint density at radius 1 is 1.33 bits per heavy atom. The Labute approximate surface area is 89.9 Å². The molecule has 0 amide bonds. The predicted octanol–water partition coefficient (Wildman–Crippen LogP) is -2.04. The van der Waals surface area contributed by atoms with Crippen molar-refractivity contribution in [3.8, 4) is 0 Å². The molecule has 0 aromatic rings. The fourth-order valence-corrected chi connectivity index (χ4v) is 2.89. The lowest BCUT2D eigenvalue weighted by atomic mass is 10.3. The standard InChI is InChI=1S/C8H18N2O4S/c1-2-9-3-4-15(13,14)10-5-7(11)8(12)6-10/h7-9,11-12H,2-6H2,1H3. The van der Waals surface area contributed by atoms with Crippen LogP contribution in [0.5, 0.6) is 0 Å². The number of nitrogens with zero attached hydrogens (tertiary/aromatic N) is 1. The summed E-state index contributed by atoms with van der Waals surface area (Å²) in [6, 6.07) is 0. The zero-order valence-corrected chi connectivity index (χ0v) is 9.57. The van der Waals surface area contributed by atoms with Gasteiger partial charge in [0, 0.05) is 19.6 Å². The molecule has 1 aliphatic heterocycles. The molecule has 7 heteroatoms. The van der Waals surface area contributed by atoms with E-state index in [4.69, 9.17) is 0 Å². The second-order valence-corrected chi connectivity index (χ2v) is 5.71. The molecule has 0 radical (unpaired) electrons. The average Bonchev–Trinajstić information content (AvgIpc) is 2.48. The number of β-amino-alcohol motifs (C(OH)–C–C–N with tert-alkyl or cyclic N) is 2. The predicted molar refractivity (Wildman–Crippen MR) is 55.9 cm³/mol. The number of hydrogen-bond acceptors (Lipinski definition) is 5. The van der Waals surface area contributed by atoms with Crippen molar-refractivity contribution in [2.24, 2.45) is 0 Å². The van der Waals surface area contributed by atoms with Gasteiger partial charge in [0.25, 0.3) is 0 Å². The summed E-state index contributed by atoms with van der Waals surface area (Å²) >= 11 is 0. The number of rotatable bonds is 5. The van der Waals surface area contributed by atoms with Crippen molar-refractivity contribution in [3.05, 3.63) is 0 Å². The molecular weight excluding hydrogens is 220 g/mol. The third-order valence-electron chi connectivity index (χ3n) is 2.41. The smallest absolute Gasteiger partial charge is 0.215 e. The molecule has 2 unspecified atom stereocenters. The molecule has 1 fully saturated rings. The minimum absolute atomic E-state index is 0.000278. The Morgan fingerprint density at radius 3 is 2.33 bits per heavy atom. The molecule has 0 aliphatic carbocycles. The molecule has 1 heterocycles. The first kappa shape index (κ1) is 12.9. The highest BCUT2D eigenvalue weighted by Gasteiger charge is 2.36. The van der Waals surface area contributed by atoms with E-state index in [0.717, 1.165) is 10.8 Å². The van der Waals surface area contributed by atoms with Gasteiger partial charge in [0.15, 0.2) is 0 Å². The summed E-state index contributed by atoms with van der Waals surface area (Å²) in [7, 11) is -3.35. The maximum atomic E-state index is 11.7. The van der Waals surface area contributed by atoms with Gasteiger partial charge in [-0.1, -0.05) is 6.92 Å². The van der Waals surface area contributed by atoms with Gasteiger partial charge in [0.2, 0.25) is 10.0 Å². The Morgan fingerprint density at radius 2 is 1.87 bits per heavy atom. The second kappa shape index (κ2) is 5.22. The highest BCUT2D eigenvalue weighted by molar-refractivity contribution is 7.89. The van der Waals surface area contributed by atoms with Gasteiger partial charge in [0.05, 0.1) is 18.0 Å². The van der Waals surface area contributed by atoms with Crippen molar-refractivity contribution in [3.63, 3.8) is 0 Å². The molecule has 0 saturated carbocycles. The van der Waals surface area contributed by atoms with Crippen LogP contribution < -0.4 is 5.32 Å². The molecule has 0 bridgehead atoms. The van der Waals surface area contributed by atoms with Crippen molar-refractivity contribution in [2.45, 2.75) is 19.1 Å². The van der Waals surface area contributed by atoms with Crippen molar-refractivity contribution in [1.82, 2.24) is 9.62 Å². The van der Waals surface area contributed by atoms with Crippen LogP contribution in [0.2, 0.25) is 0 Å². The van der Waals surface area contributed by atoms with Crippen LogP contribution in [0.15, 0.2) is 0 Å². The van der Waals surface area contributed by atoms with Crippen molar-refractivity contribution in [1.29, 1.82) is 0 Å². The third kappa shape index (κ3) is 3.39. The van der Waals surface area contributed by atoms with Crippen LogP contribution >= 0.6 is 0 Å². The van der Waals surface area contributed by atoms with Crippen LogP contribution in [0.3, 0.4) is 0 Å². The molecule has 6 nitrogen and oxygen atoms in total. The molecule has 1 rings (SSSR count). The van der Waals surface area contributed by atoms with E-state index in [1.807, 2.05) is 6.92 Å². The Kier molecular flexibility index (Phi) is 4.47. The van der Waals surface area contributed by atoms with Gasteiger partial charge in [-0.25, -0.2) is 8.42 Å². The molecule has 90 valence electrons. The lowest BCUT2D eigenvalue weighted by Gasteiger charge is -2.15. The van der Waals surface area contributed by atoms with Crippen LogP contribution in [0.25, 0.3) is 0 Å². The van der Waals surface area contributed by atoms with Gasteiger partial charge < -0.3 is 15.5 Å². The summed E-state index contributed by atoms with van der Waals surface area (Å²) < 4.78 is 24.5. The Bertz CT molecular complexity index is 283.